The topological polar surface area (TPSA) is 58.6 Å². The minimum Gasteiger partial charge on any atom is -0.444 e. The Morgan fingerprint density at radius 1 is 1.39 bits per heavy atom. The van der Waals surface area contributed by atoms with Crippen LogP contribution in [0.5, 0.6) is 0 Å². The number of hydrogen-bond donors (Lipinski definition) is 1. The van der Waals surface area contributed by atoms with Gasteiger partial charge >= 0.3 is 6.09 Å². The van der Waals surface area contributed by atoms with Crippen molar-refractivity contribution >= 4 is 29.3 Å². The van der Waals surface area contributed by atoms with Gasteiger partial charge in [0.1, 0.15) is 17.5 Å². The first-order chi connectivity index (χ1) is 10.7. The van der Waals surface area contributed by atoms with Gasteiger partial charge in [0.2, 0.25) is 5.91 Å². The molecule has 1 unspecified atom stereocenters. The largest absolute Gasteiger partial charge is 0.444 e. The van der Waals surface area contributed by atoms with Crippen LogP contribution in [0.1, 0.15) is 33.6 Å². The number of halogens is 2. The Kier molecular flexibility index (Phi) is 5.14. The van der Waals surface area contributed by atoms with Crippen molar-refractivity contribution in [1.82, 2.24) is 4.90 Å². The van der Waals surface area contributed by atoms with Crippen LogP contribution in [0.2, 0.25) is 5.02 Å². The quantitative estimate of drug-likeness (QED) is 0.889. The third-order valence-electron chi connectivity index (χ3n) is 3.37. The molecule has 0 aliphatic carbocycles. The first-order valence-corrected chi connectivity index (χ1v) is 7.81. The van der Waals surface area contributed by atoms with E-state index in [1.165, 1.54) is 17.0 Å². The van der Waals surface area contributed by atoms with E-state index in [2.05, 4.69) is 5.32 Å². The first kappa shape index (κ1) is 17.5. The number of hydrogen-bond acceptors (Lipinski definition) is 3. The predicted molar refractivity (Wildman–Crippen MR) is 86.0 cm³/mol. The van der Waals surface area contributed by atoms with Gasteiger partial charge in [-0.2, -0.15) is 0 Å². The number of carbonyl (C=O) groups is 2. The van der Waals surface area contributed by atoms with E-state index in [0.717, 1.165) is 6.07 Å². The molecule has 1 aromatic rings. The molecule has 1 heterocycles. The molecule has 1 aliphatic heterocycles. The van der Waals surface area contributed by atoms with E-state index in [4.69, 9.17) is 16.3 Å². The molecule has 0 saturated carbocycles. The molecule has 0 spiro atoms. The van der Waals surface area contributed by atoms with E-state index in [-0.39, 0.29) is 10.7 Å². The van der Waals surface area contributed by atoms with Gasteiger partial charge in [-0.3, -0.25) is 9.69 Å². The van der Waals surface area contributed by atoms with Crippen LogP contribution >= 0.6 is 11.6 Å². The number of rotatable bonds is 2. The summed E-state index contributed by atoms with van der Waals surface area (Å²) in [5.41, 5.74) is -0.598. The molecule has 1 N–H and O–H groups in total. The van der Waals surface area contributed by atoms with Crippen LogP contribution in [0.25, 0.3) is 0 Å². The molecule has 0 radical (unpaired) electrons. The minimum atomic E-state index is -0.667. The predicted octanol–water partition coefficient (Wildman–Crippen LogP) is 3.82. The lowest BCUT2D eigenvalue weighted by Gasteiger charge is -2.28. The number of ether oxygens (including phenoxy) is 1. The summed E-state index contributed by atoms with van der Waals surface area (Å²) >= 11 is 5.68. The Morgan fingerprint density at radius 2 is 2.09 bits per heavy atom. The fourth-order valence-corrected chi connectivity index (χ4v) is 2.54. The summed E-state index contributed by atoms with van der Waals surface area (Å²) in [6.07, 6.45) is 0.674. The van der Waals surface area contributed by atoms with E-state index < -0.39 is 29.5 Å². The van der Waals surface area contributed by atoms with E-state index in [0.29, 0.717) is 19.4 Å². The summed E-state index contributed by atoms with van der Waals surface area (Å²) in [5, 5.41) is 2.75. The summed E-state index contributed by atoms with van der Waals surface area (Å²) in [6.45, 7) is 5.73. The molecular weight excluding hydrogens is 323 g/mol. The highest BCUT2D eigenvalue weighted by molar-refractivity contribution is 6.30. The van der Waals surface area contributed by atoms with Gasteiger partial charge < -0.3 is 10.1 Å². The average molecular weight is 343 g/mol. The number of nitrogens with one attached hydrogen (secondary N) is 1. The van der Waals surface area contributed by atoms with Gasteiger partial charge in [-0.15, -0.1) is 0 Å². The fourth-order valence-electron chi connectivity index (χ4n) is 2.39. The third-order valence-corrected chi connectivity index (χ3v) is 3.61. The standard InChI is InChI=1S/C16H20ClFN2O3/c1-16(2,3)23-15(22)20-8-4-5-13(20)14(21)19-12-7-6-10(17)9-11(12)18/h6-7,9,13H,4-5,8H2,1-3H3,(H,19,21). The molecule has 1 aromatic carbocycles. The van der Waals surface area contributed by atoms with Crippen LogP contribution in [0.3, 0.4) is 0 Å². The van der Waals surface area contributed by atoms with Crippen molar-refractivity contribution < 1.29 is 18.7 Å². The second-order valence-corrected chi connectivity index (χ2v) is 6.88. The van der Waals surface area contributed by atoms with E-state index >= 15 is 0 Å². The Balaban J connectivity index is 2.07. The fraction of sp³-hybridized carbons (Fsp3) is 0.500. The van der Waals surface area contributed by atoms with E-state index in [9.17, 15) is 14.0 Å². The highest BCUT2D eigenvalue weighted by Gasteiger charge is 2.36. The van der Waals surface area contributed by atoms with Gasteiger partial charge in [0, 0.05) is 11.6 Å². The van der Waals surface area contributed by atoms with Crippen molar-refractivity contribution in [3.8, 4) is 0 Å². The number of carbonyl (C=O) groups excluding carboxylic acids is 2. The minimum absolute atomic E-state index is 0.0374. The van der Waals surface area contributed by atoms with Crippen LogP contribution in [0.4, 0.5) is 14.9 Å². The zero-order valence-corrected chi connectivity index (χ0v) is 14.1. The third kappa shape index (κ3) is 4.58. The van der Waals surface area contributed by atoms with Crippen molar-refractivity contribution in [2.45, 2.75) is 45.3 Å². The Labute approximate surface area is 139 Å². The summed E-state index contributed by atoms with van der Waals surface area (Å²) in [5.74, 6) is -1.05. The van der Waals surface area contributed by atoms with Crippen LogP contribution in [-0.4, -0.2) is 35.1 Å². The summed E-state index contributed by atoms with van der Waals surface area (Å²) in [7, 11) is 0. The molecule has 7 heteroatoms. The highest BCUT2D eigenvalue weighted by atomic mass is 35.5. The van der Waals surface area contributed by atoms with E-state index in [1.54, 1.807) is 20.8 Å². The molecule has 2 rings (SSSR count). The highest BCUT2D eigenvalue weighted by Crippen LogP contribution is 2.24. The molecule has 0 aromatic heterocycles. The Bertz CT molecular complexity index is 616. The van der Waals surface area contributed by atoms with Gasteiger partial charge in [0.05, 0.1) is 5.69 Å². The monoisotopic (exact) mass is 342 g/mol. The summed E-state index contributed by atoms with van der Waals surface area (Å²) in [4.78, 5) is 25.9. The molecule has 1 aliphatic rings. The van der Waals surface area contributed by atoms with Crippen LogP contribution in [-0.2, 0) is 9.53 Å². The van der Waals surface area contributed by atoms with Gasteiger partial charge in [-0.25, -0.2) is 9.18 Å². The van der Waals surface area contributed by atoms with Gasteiger partial charge in [-0.05, 0) is 51.8 Å². The van der Waals surface area contributed by atoms with Crippen molar-refractivity contribution in [2.24, 2.45) is 0 Å². The maximum atomic E-state index is 13.8. The first-order valence-electron chi connectivity index (χ1n) is 7.43. The molecule has 126 valence electrons. The van der Waals surface area contributed by atoms with Crippen molar-refractivity contribution in [1.29, 1.82) is 0 Å². The molecule has 1 atom stereocenters. The lowest BCUT2D eigenvalue weighted by molar-refractivity contribution is -0.120. The zero-order chi connectivity index (χ0) is 17.2. The Morgan fingerprint density at radius 3 is 2.70 bits per heavy atom. The molecule has 1 fully saturated rings. The summed E-state index contributed by atoms with van der Waals surface area (Å²) in [6, 6.07) is 3.33. The molecule has 5 nitrogen and oxygen atoms in total. The molecule has 2 amide bonds. The maximum Gasteiger partial charge on any atom is 0.410 e. The smallest absolute Gasteiger partial charge is 0.410 e. The second kappa shape index (κ2) is 6.74. The van der Waals surface area contributed by atoms with Gasteiger partial charge in [-0.1, -0.05) is 11.6 Å². The second-order valence-electron chi connectivity index (χ2n) is 6.45. The van der Waals surface area contributed by atoms with E-state index in [1.807, 2.05) is 0 Å². The molecule has 0 bridgehead atoms. The number of likely N-dealkylation sites (tertiary alicyclic amines) is 1. The molecular formula is C16H20ClFN2O3. The van der Waals surface area contributed by atoms with Gasteiger partial charge in [0.25, 0.3) is 0 Å². The number of nitrogens with zero attached hydrogens (tertiary/aromatic N) is 1. The van der Waals surface area contributed by atoms with Crippen molar-refractivity contribution in [2.75, 3.05) is 11.9 Å². The van der Waals surface area contributed by atoms with Crippen LogP contribution < -0.4 is 5.32 Å². The molecule has 1 saturated heterocycles. The van der Waals surface area contributed by atoms with Crippen LogP contribution in [0.15, 0.2) is 18.2 Å². The summed E-state index contributed by atoms with van der Waals surface area (Å²) < 4.78 is 19.1. The van der Waals surface area contributed by atoms with Crippen molar-refractivity contribution in [3.63, 3.8) is 0 Å². The lowest BCUT2D eigenvalue weighted by Crippen LogP contribution is -2.45. The van der Waals surface area contributed by atoms with Gasteiger partial charge in [0.15, 0.2) is 0 Å². The number of benzene rings is 1. The average Bonchev–Trinajstić information content (AvgIpc) is 2.89. The number of anilines is 1. The zero-order valence-electron chi connectivity index (χ0n) is 13.4. The Hall–Kier alpha value is -1.82. The SMILES string of the molecule is CC(C)(C)OC(=O)N1CCCC1C(=O)Nc1ccc(Cl)cc1F. The number of amides is 2. The van der Waals surface area contributed by atoms with Crippen molar-refractivity contribution in [3.05, 3.63) is 29.0 Å². The maximum absolute atomic E-state index is 13.8. The molecule has 23 heavy (non-hydrogen) atoms. The normalized spacial score (nSPS) is 18.0. The van der Waals surface area contributed by atoms with Crippen LogP contribution in [0, 0.1) is 5.82 Å². The lowest BCUT2D eigenvalue weighted by atomic mass is 10.2.